The average molecular weight is 282 g/mol. The molecule has 102 valence electrons. The van der Waals surface area contributed by atoms with Crippen molar-refractivity contribution in [2.75, 3.05) is 0 Å². The summed E-state index contributed by atoms with van der Waals surface area (Å²) in [7, 11) is 0. The summed E-state index contributed by atoms with van der Waals surface area (Å²) in [6.45, 7) is 5.67. The Balaban J connectivity index is 2.00. The van der Waals surface area contributed by atoms with Crippen LogP contribution < -0.4 is 5.32 Å². The molecule has 1 heterocycles. The van der Waals surface area contributed by atoms with Crippen molar-refractivity contribution in [2.24, 2.45) is 0 Å². The quantitative estimate of drug-likeness (QED) is 0.917. The first kappa shape index (κ1) is 13.7. The minimum absolute atomic E-state index is 0.274. The summed E-state index contributed by atoms with van der Waals surface area (Å²) in [5, 5.41) is 3.34. The van der Waals surface area contributed by atoms with Gasteiger partial charge in [0.15, 0.2) is 0 Å². The largest absolute Gasteiger partial charge is 0.444 e. The van der Waals surface area contributed by atoms with Crippen molar-refractivity contribution in [1.82, 2.24) is 10.3 Å². The van der Waals surface area contributed by atoms with Gasteiger partial charge >= 0.3 is 6.09 Å². The Kier molecular flexibility index (Phi) is 3.71. The molecule has 0 unspecified atom stereocenters. The molecular formula is C13H15FN2O2S. The highest BCUT2D eigenvalue weighted by molar-refractivity contribution is 7.18. The van der Waals surface area contributed by atoms with E-state index in [2.05, 4.69) is 10.3 Å². The lowest BCUT2D eigenvalue weighted by Gasteiger charge is -2.19. The molecule has 0 spiro atoms. The van der Waals surface area contributed by atoms with Gasteiger partial charge in [-0.05, 0) is 39.0 Å². The number of carbonyl (C=O) groups is 1. The molecule has 19 heavy (non-hydrogen) atoms. The molecule has 0 aliphatic carbocycles. The van der Waals surface area contributed by atoms with Crippen molar-refractivity contribution in [3.05, 3.63) is 29.0 Å². The fourth-order valence-electron chi connectivity index (χ4n) is 1.48. The predicted molar refractivity (Wildman–Crippen MR) is 72.7 cm³/mol. The Labute approximate surface area is 114 Å². The number of aromatic nitrogens is 1. The minimum atomic E-state index is -0.527. The lowest BCUT2D eigenvalue weighted by Crippen LogP contribution is -2.32. The zero-order valence-corrected chi connectivity index (χ0v) is 11.8. The number of nitrogens with zero attached hydrogens (tertiary/aromatic N) is 1. The summed E-state index contributed by atoms with van der Waals surface area (Å²) in [6.07, 6.45) is -0.488. The molecule has 4 nitrogen and oxygen atoms in total. The maximum absolute atomic E-state index is 13.0. The molecule has 2 aromatic rings. The first-order chi connectivity index (χ1) is 8.83. The van der Waals surface area contributed by atoms with Crippen LogP contribution in [0.3, 0.4) is 0 Å². The van der Waals surface area contributed by atoms with Crippen LogP contribution in [0, 0.1) is 5.82 Å². The Morgan fingerprint density at radius 2 is 2.21 bits per heavy atom. The summed E-state index contributed by atoms with van der Waals surface area (Å²) >= 11 is 1.35. The highest BCUT2D eigenvalue weighted by Crippen LogP contribution is 2.22. The molecule has 1 N–H and O–H groups in total. The molecule has 0 bridgehead atoms. The predicted octanol–water partition coefficient (Wildman–Crippen LogP) is 3.46. The van der Waals surface area contributed by atoms with Gasteiger partial charge < -0.3 is 10.1 Å². The van der Waals surface area contributed by atoms with Gasteiger partial charge in [0.25, 0.3) is 0 Å². The van der Waals surface area contributed by atoms with Crippen LogP contribution in [0.25, 0.3) is 10.2 Å². The third-order valence-electron chi connectivity index (χ3n) is 2.18. The smallest absolute Gasteiger partial charge is 0.408 e. The Morgan fingerprint density at radius 3 is 2.89 bits per heavy atom. The van der Waals surface area contributed by atoms with Crippen LogP contribution in [0.2, 0.25) is 0 Å². The van der Waals surface area contributed by atoms with E-state index in [0.717, 1.165) is 10.2 Å². The van der Waals surface area contributed by atoms with E-state index in [-0.39, 0.29) is 12.4 Å². The second-order valence-corrected chi connectivity index (χ2v) is 6.19. The number of benzene rings is 1. The molecule has 1 aromatic carbocycles. The van der Waals surface area contributed by atoms with Crippen LogP contribution in [-0.4, -0.2) is 16.7 Å². The first-order valence-electron chi connectivity index (χ1n) is 5.85. The van der Waals surface area contributed by atoms with Crippen molar-refractivity contribution >= 4 is 27.6 Å². The van der Waals surface area contributed by atoms with E-state index < -0.39 is 11.7 Å². The van der Waals surface area contributed by atoms with E-state index >= 15 is 0 Å². The lowest BCUT2D eigenvalue weighted by atomic mass is 10.2. The van der Waals surface area contributed by atoms with E-state index in [1.807, 2.05) is 0 Å². The summed E-state index contributed by atoms with van der Waals surface area (Å²) in [4.78, 5) is 15.8. The van der Waals surface area contributed by atoms with E-state index in [0.29, 0.717) is 5.01 Å². The van der Waals surface area contributed by atoms with Gasteiger partial charge in [-0.15, -0.1) is 11.3 Å². The highest BCUT2D eigenvalue weighted by atomic mass is 32.1. The molecule has 0 saturated heterocycles. The van der Waals surface area contributed by atoms with Crippen molar-refractivity contribution in [3.63, 3.8) is 0 Å². The van der Waals surface area contributed by atoms with Gasteiger partial charge in [-0.2, -0.15) is 0 Å². The van der Waals surface area contributed by atoms with E-state index in [1.165, 1.54) is 23.5 Å². The van der Waals surface area contributed by atoms with Crippen molar-refractivity contribution in [3.8, 4) is 0 Å². The van der Waals surface area contributed by atoms with Gasteiger partial charge in [0.2, 0.25) is 0 Å². The number of rotatable bonds is 2. The second kappa shape index (κ2) is 5.13. The molecular weight excluding hydrogens is 267 g/mol. The van der Waals surface area contributed by atoms with E-state index in [9.17, 15) is 9.18 Å². The number of ether oxygens (including phenoxy) is 1. The maximum atomic E-state index is 13.0. The lowest BCUT2D eigenvalue weighted by molar-refractivity contribution is 0.0523. The molecule has 1 amide bonds. The minimum Gasteiger partial charge on any atom is -0.444 e. The van der Waals surface area contributed by atoms with Crippen molar-refractivity contribution < 1.29 is 13.9 Å². The Morgan fingerprint density at radius 1 is 1.47 bits per heavy atom. The van der Waals surface area contributed by atoms with Crippen LogP contribution in [0.5, 0.6) is 0 Å². The number of amides is 1. The zero-order chi connectivity index (χ0) is 14.0. The summed E-state index contributed by atoms with van der Waals surface area (Å²) < 4.78 is 18.9. The highest BCUT2D eigenvalue weighted by Gasteiger charge is 2.16. The van der Waals surface area contributed by atoms with Crippen LogP contribution in [0.1, 0.15) is 25.8 Å². The molecule has 0 fully saturated rings. The molecule has 2 rings (SSSR count). The molecule has 6 heteroatoms. The van der Waals surface area contributed by atoms with Crippen LogP contribution in [0.4, 0.5) is 9.18 Å². The molecule has 0 radical (unpaired) electrons. The van der Waals surface area contributed by atoms with Gasteiger partial charge in [-0.1, -0.05) is 0 Å². The number of fused-ring (bicyclic) bond motifs is 1. The fraction of sp³-hybridized carbons (Fsp3) is 0.385. The third kappa shape index (κ3) is 3.89. The zero-order valence-electron chi connectivity index (χ0n) is 11.0. The summed E-state index contributed by atoms with van der Waals surface area (Å²) in [5.41, 5.74) is 0.202. The van der Waals surface area contributed by atoms with E-state index in [4.69, 9.17) is 4.74 Å². The average Bonchev–Trinajstić information content (AvgIpc) is 2.66. The van der Waals surface area contributed by atoms with E-state index in [1.54, 1.807) is 26.8 Å². The van der Waals surface area contributed by atoms with Gasteiger partial charge in [-0.25, -0.2) is 14.2 Å². The number of hydrogen-bond acceptors (Lipinski definition) is 4. The Hall–Kier alpha value is -1.69. The summed E-state index contributed by atoms with van der Waals surface area (Å²) in [6, 6.07) is 4.43. The number of carbonyl (C=O) groups excluding carboxylic acids is 1. The fourth-order valence-corrected chi connectivity index (χ4v) is 2.42. The molecule has 0 aliphatic heterocycles. The van der Waals surface area contributed by atoms with Crippen LogP contribution in [0.15, 0.2) is 18.2 Å². The monoisotopic (exact) mass is 282 g/mol. The molecule has 0 atom stereocenters. The first-order valence-corrected chi connectivity index (χ1v) is 6.67. The SMILES string of the molecule is CC(C)(C)OC(=O)NCc1nc2ccc(F)cc2s1. The topological polar surface area (TPSA) is 51.2 Å². The number of hydrogen-bond donors (Lipinski definition) is 1. The van der Waals surface area contributed by atoms with Gasteiger partial charge in [-0.3, -0.25) is 0 Å². The van der Waals surface area contributed by atoms with Crippen molar-refractivity contribution in [1.29, 1.82) is 0 Å². The molecule has 1 aromatic heterocycles. The molecule has 0 saturated carbocycles. The second-order valence-electron chi connectivity index (χ2n) is 5.08. The normalized spacial score (nSPS) is 11.6. The third-order valence-corrected chi connectivity index (χ3v) is 3.20. The number of alkyl carbamates (subject to hydrolysis) is 1. The number of nitrogens with one attached hydrogen (secondary N) is 1. The Bertz CT molecular complexity index is 604. The summed E-state index contributed by atoms with van der Waals surface area (Å²) in [5.74, 6) is -0.289. The molecule has 0 aliphatic rings. The van der Waals surface area contributed by atoms with Crippen LogP contribution >= 0.6 is 11.3 Å². The van der Waals surface area contributed by atoms with Gasteiger partial charge in [0, 0.05) is 0 Å². The van der Waals surface area contributed by atoms with Gasteiger partial charge in [0.1, 0.15) is 16.4 Å². The number of halogens is 1. The van der Waals surface area contributed by atoms with Crippen molar-refractivity contribution in [2.45, 2.75) is 32.9 Å². The van der Waals surface area contributed by atoms with Crippen LogP contribution in [-0.2, 0) is 11.3 Å². The maximum Gasteiger partial charge on any atom is 0.408 e. The standard InChI is InChI=1S/C13H15FN2O2S/c1-13(2,3)18-12(17)15-7-11-16-9-5-4-8(14)6-10(9)19-11/h4-6H,7H2,1-3H3,(H,15,17). The van der Waals surface area contributed by atoms with Gasteiger partial charge in [0.05, 0.1) is 16.8 Å². The number of thiazole rings is 1.